The van der Waals surface area contributed by atoms with Crippen molar-refractivity contribution in [1.29, 1.82) is 0 Å². The Bertz CT molecular complexity index is 1390. The summed E-state index contributed by atoms with van der Waals surface area (Å²) in [5.41, 5.74) is 5.34. The Morgan fingerprint density at radius 3 is 2.72 bits per heavy atom. The number of pyridine rings is 1. The van der Waals surface area contributed by atoms with Crippen LogP contribution in [0, 0.1) is 5.92 Å². The van der Waals surface area contributed by atoms with Gasteiger partial charge in [0.25, 0.3) is 0 Å². The van der Waals surface area contributed by atoms with Crippen molar-refractivity contribution < 1.29 is 0 Å². The van der Waals surface area contributed by atoms with E-state index in [1.54, 1.807) is 17.1 Å². The summed E-state index contributed by atoms with van der Waals surface area (Å²) in [5.74, 6) is 1.80. The van der Waals surface area contributed by atoms with E-state index in [4.69, 9.17) is 0 Å². The first kappa shape index (κ1) is 19.9. The maximum Gasteiger partial charge on any atom is 0.227 e. The lowest BCUT2D eigenvalue weighted by atomic mass is 10.1. The fraction of sp³-hybridized carbons (Fsp3) is 0.273. The van der Waals surface area contributed by atoms with Gasteiger partial charge in [0, 0.05) is 44.4 Å². The van der Waals surface area contributed by atoms with Gasteiger partial charge >= 0.3 is 0 Å². The molecule has 10 heteroatoms. The van der Waals surface area contributed by atoms with Crippen LogP contribution in [0.25, 0.3) is 28.3 Å². The van der Waals surface area contributed by atoms with E-state index < -0.39 is 0 Å². The molecule has 0 unspecified atom stereocenters. The molecule has 0 atom stereocenters. The first-order chi connectivity index (χ1) is 15.5. The number of aryl methyl sites for hydroxylation is 2. The Labute approximate surface area is 185 Å². The summed E-state index contributed by atoms with van der Waals surface area (Å²) < 4.78 is 5.54. The lowest BCUT2D eigenvalue weighted by molar-refractivity contribution is 0.621. The number of hydrogen-bond donors (Lipinski definition) is 1. The van der Waals surface area contributed by atoms with Crippen molar-refractivity contribution in [3.05, 3.63) is 54.9 Å². The number of aromatic nitrogens is 9. The molecule has 0 fully saturated rings. The minimum atomic E-state index is 0.502. The monoisotopic (exact) mass is 428 g/mol. The van der Waals surface area contributed by atoms with Crippen molar-refractivity contribution >= 4 is 17.3 Å². The van der Waals surface area contributed by atoms with Gasteiger partial charge in [-0.25, -0.2) is 9.97 Å². The minimum Gasteiger partial charge on any atom is -0.321 e. The van der Waals surface area contributed by atoms with Gasteiger partial charge in [0.05, 0.1) is 28.8 Å². The predicted molar refractivity (Wildman–Crippen MR) is 121 cm³/mol. The summed E-state index contributed by atoms with van der Waals surface area (Å²) in [6.07, 6.45) is 10.2. The molecule has 0 amide bonds. The first-order valence-corrected chi connectivity index (χ1v) is 10.4. The second kappa shape index (κ2) is 7.88. The fourth-order valence-corrected chi connectivity index (χ4v) is 3.69. The Kier molecular flexibility index (Phi) is 4.89. The van der Waals surface area contributed by atoms with Crippen LogP contribution in [0.4, 0.5) is 11.6 Å². The zero-order valence-electron chi connectivity index (χ0n) is 18.4. The largest absolute Gasteiger partial charge is 0.321 e. The Morgan fingerprint density at radius 2 is 1.94 bits per heavy atom. The summed E-state index contributed by atoms with van der Waals surface area (Å²) in [6, 6.07) is 5.86. The van der Waals surface area contributed by atoms with Gasteiger partial charge in [0.15, 0.2) is 11.5 Å². The van der Waals surface area contributed by atoms with Crippen molar-refractivity contribution in [3.8, 4) is 22.6 Å². The summed E-state index contributed by atoms with van der Waals surface area (Å²) in [6.45, 7) is 4.37. The zero-order chi connectivity index (χ0) is 22.2. The normalized spacial score (nSPS) is 11.5. The average Bonchev–Trinajstić information content (AvgIpc) is 3.45. The molecule has 10 nitrogen and oxygen atoms in total. The van der Waals surface area contributed by atoms with Crippen LogP contribution in [0.15, 0.2) is 49.2 Å². The van der Waals surface area contributed by atoms with Gasteiger partial charge in [-0.3, -0.25) is 13.8 Å². The lowest BCUT2D eigenvalue weighted by Gasteiger charge is -2.06. The van der Waals surface area contributed by atoms with E-state index in [9.17, 15) is 0 Å². The Balaban J connectivity index is 1.48. The van der Waals surface area contributed by atoms with E-state index in [-0.39, 0.29) is 0 Å². The lowest BCUT2D eigenvalue weighted by Crippen LogP contribution is -1.99. The third kappa shape index (κ3) is 3.82. The molecule has 162 valence electrons. The van der Waals surface area contributed by atoms with Crippen LogP contribution in [-0.2, 0) is 20.5 Å². The Hall–Kier alpha value is -4.08. The first-order valence-electron chi connectivity index (χ1n) is 10.4. The van der Waals surface area contributed by atoms with Crippen molar-refractivity contribution in [1.82, 2.24) is 44.1 Å². The van der Waals surface area contributed by atoms with E-state index in [1.807, 2.05) is 60.0 Å². The molecule has 0 aromatic carbocycles. The third-order valence-electron chi connectivity index (χ3n) is 5.07. The van der Waals surface area contributed by atoms with Crippen molar-refractivity contribution in [2.24, 2.45) is 20.0 Å². The van der Waals surface area contributed by atoms with E-state index in [1.165, 1.54) is 0 Å². The third-order valence-corrected chi connectivity index (χ3v) is 5.07. The van der Waals surface area contributed by atoms with Crippen molar-refractivity contribution in [2.75, 3.05) is 5.32 Å². The van der Waals surface area contributed by atoms with Gasteiger partial charge in [-0.2, -0.15) is 10.2 Å². The van der Waals surface area contributed by atoms with Gasteiger partial charge in [-0.15, -0.1) is 10.2 Å². The second-order valence-corrected chi connectivity index (χ2v) is 8.22. The Morgan fingerprint density at radius 1 is 1.06 bits per heavy atom. The molecule has 5 rings (SSSR count). The molecular formula is C22H24N10. The fourth-order valence-electron chi connectivity index (χ4n) is 3.69. The zero-order valence-corrected chi connectivity index (χ0v) is 18.4. The summed E-state index contributed by atoms with van der Waals surface area (Å²) in [4.78, 5) is 8.95. The van der Waals surface area contributed by atoms with Crippen LogP contribution in [0.5, 0.6) is 0 Å². The minimum absolute atomic E-state index is 0.502. The summed E-state index contributed by atoms with van der Waals surface area (Å²) in [5, 5.41) is 20.8. The molecule has 0 spiro atoms. The quantitative estimate of drug-likeness (QED) is 0.443. The molecule has 0 aliphatic carbocycles. The number of anilines is 2. The molecule has 5 aromatic heterocycles. The highest BCUT2D eigenvalue weighted by Gasteiger charge is 2.17. The predicted octanol–water partition coefficient (Wildman–Crippen LogP) is 3.26. The van der Waals surface area contributed by atoms with Crippen molar-refractivity contribution in [2.45, 2.75) is 20.3 Å². The molecule has 0 saturated heterocycles. The van der Waals surface area contributed by atoms with E-state index in [0.29, 0.717) is 11.9 Å². The standard InChI is InChI=1S/C22H24N10/c1-14(2)9-19-17(13-31(4)29-19)21-28-27-20-10-15(6-8-32(20)21)18-5-7-23-22(26-18)25-16-11-24-30(3)12-16/h5-8,10-14H,9H2,1-4H3,(H,23,25,26). The molecule has 5 heterocycles. The molecular weight excluding hydrogens is 404 g/mol. The molecule has 32 heavy (non-hydrogen) atoms. The van der Waals surface area contributed by atoms with Crippen LogP contribution < -0.4 is 5.32 Å². The van der Waals surface area contributed by atoms with Gasteiger partial charge in [0.1, 0.15) is 0 Å². The molecule has 0 aliphatic rings. The number of fused-ring (bicyclic) bond motifs is 1. The highest BCUT2D eigenvalue weighted by molar-refractivity contribution is 5.68. The second-order valence-electron chi connectivity index (χ2n) is 8.22. The topological polar surface area (TPSA) is 104 Å². The van der Waals surface area contributed by atoms with Gasteiger partial charge in [0.2, 0.25) is 5.95 Å². The van der Waals surface area contributed by atoms with Crippen LogP contribution in [0.3, 0.4) is 0 Å². The maximum absolute atomic E-state index is 4.64. The van der Waals surface area contributed by atoms with Gasteiger partial charge in [-0.05, 0) is 30.5 Å². The molecule has 0 aliphatic heterocycles. The SMILES string of the molecule is CC(C)Cc1nn(C)cc1-c1nnc2cc(-c3ccnc(Nc4cnn(C)c4)n3)ccn12. The molecule has 5 aromatic rings. The number of nitrogens with zero attached hydrogens (tertiary/aromatic N) is 9. The smallest absolute Gasteiger partial charge is 0.227 e. The number of nitrogens with one attached hydrogen (secondary N) is 1. The molecule has 0 radical (unpaired) electrons. The van der Waals surface area contributed by atoms with E-state index >= 15 is 0 Å². The molecule has 0 bridgehead atoms. The van der Waals surface area contributed by atoms with Gasteiger partial charge < -0.3 is 5.32 Å². The van der Waals surface area contributed by atoms with Crippen LogP contribution >= 0.6 is 0 Å². The molecule has 0 saturated carbocycles. The highest BCUT2D eigenvalue weighted by atomic mass is 15.3. The van der Waals surface area contributed by atoms with Crippen LogP contribution in [-0.4, -0.2) is 44.1 Å². The summed E-state index contributed by atoms with van der Waals surface area (Å²) in [7, 11) is 3.79. The average molecular weight is 429 g/mol. The van der Waals surface area contributed by atoms with Gasteiger partial charge in [-0.1, -0.05) is 13.8 Å². The van der Waals surface area contributed by atoms with E-state index in [2.05, 4.69) is 49.5 Å². The summed E-state index contributed by atoms with van der Waals surface area (Å²) >= 11 is 0. The van der Waals surface area contributed by atoms with Crippen LogP contribution in [0.1, 0.15) is 19.5 Å². The molecule has 1 N–H and O–H groups in total. The van der Waals surface area contributed by atoms with E-state index in [0.717, 1.165) is 46.1 Å². The highest BCUT2D eigenvalue weighted by Crippen LogP contribution is 2.26. The maximum atomic E-state index is 4.64. The number of hydrogen-bond acceptors (Lipinski definition) is 7. The van der Waals surface area contributed by atoms with Crippen molar-refractivity contribution in [3.63, 3.8) is 0 Å². The number of rotatable bonds is 6. The van der Waals surface area contributed by atoms with Crippen LogP contribution in [0.2, 0.25) is 0 Å².